The zero-order valence-electron chi connectivity index (χ0n) is 19.2. The molecule has 1 aromatic heterocycles. The van der Waals surface area contributed by atoms with Gasteiger partial charge in [0.25, 0.3) is 0 Å². The number of amides is 1. The van der Waals surface area contributed by atoms with Crippen LogP contribution in [0.15, 0.2) is 90.1 Å². The first kappa shape index (κ1) is 23.5. The molecule has 4 aromatic rings. The molecule has 4 rings (SSSR count). The van der Waals surface area contributed by atoms with Crippen LogP contribution in [-0.4, -0.2) is 42.9 Å². The van der Waals surface area contributed by atoms with Crippen molar-refractivity contribution in [3.8, 4) is 11.4 Å². The number of ether oxygens (including phenoxy) is 1. The second kappa shape index (κ2) is 11.5. The number of nitrogens with zero attached hydrogens (tertiary/aromatic N) is 5. The molecule has 8 heteroatoms. The van der Waals surface area contributed by atoms with E-state index in [4.69, 9.17) is 4.74 Å². The molecule has 174 valence electrons. The molecule has 0 spiro atoms. The van der Waals surface area contributed by atoms with Gasteiger partial charge in [-0.25, -0.2) is 0 Å². The zero-order valence-corrected chi connectivity index (χ0v) is 20.1. The quantitative estimate of drug-likeness (QED) is 0.309. The minimum Gasteiger partial charge on any atom is -0.492 e. The Balaban J connectivity index is 1.55. The van der Waals surface area contributed by atoms with Crippen molar-refractivity contribution in [2.24, 2.45) is 0 Å². The average Bonchev–Trinajstić information content (AvgIpc) is 3.33. The molecule has 0 saturated heterocycles. The van der Waals surface area contributed by atoms with Gasteiger partial charge >= 0.3 is 0 Å². The molecule has 0 unspecified atom stereocenters. The fourth-order valence-electron chi connectivity index (χ4n) is 3.60. The Kier molecular flexibility index (Phi) is 7.93. The van der Waals surface area contributed by atoms with E-state index in [1.54, 1.807) is 4.68 Å². The lowest BCUT2D eigenvalue weighted by molar-refractivity contribution is -0.131. The van der Waals surface area contributed by atoms with E-state index in [9.17, 15) is 4.79 Å². The predicted molar refractivity (Wildman–Crippen MR) is 133 cm³/mol. The molecular weight excluding hydrogens is 446 g/mol. The van der Waals surface area contributed by atoms with Crippen molar-refractivity contribution in [1.82, 2.24) is 25.1 Å². The van der Waals surface area contributed by atoms with E-state index in [1.807, 2.05) is 104 Å². The molecule has 0 aliphatic carbocycles. The van der Waals surface area contributed by atoms with Gasteiger partial charge in [0.1, 0.15) is 11.4 Å². The summed E-state index contributed by atoms with van der Waals surface area (Å²) in [5, 5.41) is 12.3. The molecule has 0 saturated carbocycles. The summed E-state index contributed by atoms with van der Waals surface area (Å²) in [5.41, 5.74) is 2.90. The molecule has 0 aliphatic heterocycles. The van der Waals surface area contributed by atoms with Crippen LogP contribution in [0.25, 0.3) is 5.69 Å². The first-order valence-electron chi connectivity index (χ1n) is 11.2. The van der Waals surface area contributed by atoms with Crippen LogP contribution >= 0.6 is 11.8 Å². The molecule has 0 N–H and O–H groups in total. The lowest BCUT2D eigenvalue weighted by atomic mass is 10.1. The number of hydrogen-bond donors (Lipinski definition) is 0. The average molecular weight is 474 g/mol. The van der Waals surface area contributed by atoms with Gasteiger partial charge in [-0.2, -0.15) is 4.68 Å². The highest BCUT2D eigenvalue weighted by Crippen LogP contribution is 2.29. The van der Waals surface area contributed by atoms with Gasteiger partial charge < -0.3 is 9.64 Å². The van der Waals surface area contributed by atoms with Crippen molar-refractivity contribution in [2.75, 3.05) is 6.61 Å². The highest BCUT2D eigenvalue weighted by Gasteiger charge is 2.25. The molecule has 0 bridgehead atoms. The number of tetrazole rings is 1. The SMILES string of the molecule is CCOc1ccccc1-n1nnnc1S[C@@H](C)C(=O)N(Cc1ccccc1)Cc1ccccc1. The summed E-state index contributed by atoms with van der Waals surface area (Å²) in [6.07, 6.45) is 0. The molecule has 0 radical (unpaired) electrons. The zero-order chi connectivity index (χ0) is 23.8. The number of benzene rings is 3. The Hall–Kier alpha value is -3.65. The van der Waals surface area contributed by atoms with Gasteiger partial charge in [-0.3, -0.25) is 4.79 Å². The number of carbonyl (C=O) groups excluding carboxylic acids is 1. The minimum absolute atomic E-state index is 0.0188. The van der Waals surface area contributed by atoms with Crippen molar-refractivity contribution in [3.05, 3.63) is 96.1 Å². The number of aromatic nitrogens is 4. The third-order valence-corrected chi connectivity index (χ3v) is 6.23. The van der Waals surface area contributed by atoms with Crippen molar-refractivity contribution in [3.63, 3.8) is 0 Å². The topological polar surface area (TPSA) is 73.1 Å². The third kappa shape index (κ3) is 5.82. The first-order valence-corrected chi connectivity index (χ1v) is 12.1. The van der Waals surface area contributed by atoms with Gasteiger partial charge in [0.2, 0.25) is 11.1 Å². The van der Waals surface area contributed by atoms with Crippen LogP contribution in [0.2, 0.25) is 0 Å². The van der Waals surface area contributed by atoms with Gasteiger partial charge in [-0.1, -0.05) is 84.6 Å². The first-order chi connectivity index (χ1) is 16.7. The van der Waals surface area contributed by atoms with Crippen LogP contribution in [0, 0.1) is 0 Å². The Morgan fingerprint density at radius 1 is 0.941 bits per heavy atom. The minimum atomic E-state index is -0.392. The van der Waals surface area contributed by atoms with Gasteiger partial charge in [0.15, 0.2) is 0 Å². The van der Waals surface area contributed by atoms with E-state index in [0.717, 1.165) is 16.8 Å². The van der Waals surface area contributed by atoms with Gasteiger partial charge in [-0.05, 0) is 47.5 Å². The molecule has 0 fully saturated rings. The van der Waals surface area contributed by atoms with Crippen molar-refractivity contribution in [2.45, 2.75) is 37.3 Å². The molecule has 1 heterocycles. The summed E-state index contributed by atoms with van der Waals surface area (Å²) < 4.78 is 7.36. The molecule has 34 heavy (non-hydrogen) atoms. The number of hydrogen-bond acceptors (Lipinski definition) is 6. The maximum Gasteiger partial charge on any atom is 0.236 e. The lowest BCUT2D eigenvalue weighted by Crippen LogP contribution is -2.35. The maximum atomic E-state index is 13.6. The second-order valence-corrected chi connectivity index (χ2v) is 9.01. The van der Waals surface area contributed by atoms with E-state index in [0.29, 0.717) is 30.6 Å². The number of para-hydroxylation sites is 2. The van der Waals surface area contributed by atoms with E-state index in [1.165, 1.54) is 11.8 Å². The smallest absolute Gasteiger partial charge is 0.236 e. The number of carbonyl (C=O) groups is 1. The van der Waals surface area contributed by atoms with Crippen LogP contribution in [0.5, 0.6) is 5.75 Å². The van der Waals surface area contributed by atoms with E-state index >= 15 is 0 Å². The standard InChI is InChI=1S/C26H27N5O2S/c1-3-33-24-17-11-10-16-23(24)31-26(27-28-29-31)34-20(2)25(32)30(18-21-12-6-4-7-13-21)19-22-14-8-5-9-15-22/h4-17,20H,3,18-19H2,1-2H3/t20-/m0/s1. The largest absolute Gasteiger partial charge is 0.492 e. The van der Waals surface area contributed by atoms with E-state index in [-0.39, 0.29) is 5.91 Å². The summed E-state index contributed by atoms with van der Waals surface area (Å²) in [4.78, 5) is 15.5. The summed E-state index contributed by atoms with van der Waals surface area (Å²) in [6.45, 7) is 5.41. The van der Waals surface area contributed by atoms with Gasteiger partial charge in [0, 0.05) is 13.1 Å². The molecule has 7 nitrogen and oxygen atoms in total. The summed E-state index contributed by atoms with van der Waals surface area (Å²) in [6, 6.07) is 27.6. The molecule has 3 aromatic carbocycles. The van der Waals surface area contributed by atoms with Gasteiger partial charge in [0.05, 0.1) is 11.9 Å². The summed E-state index contributed by atoms with van der Waals surface area (Å²) in [7, 11) is 0. The van der Waals surface area contributed by atoms with Crippen LogP contribution < -0.4 is 4.74 Å². The van der Waals surface area contributed by atoms with Crippen molar-refractivity contribution < 1.29 is 9.53 Å². The lowest BCUT2D eigenvalue weighted by Gasteiger charge is -2.26. The molecule has 1 amide bonds. The third-order valence-electron chi connectivity index (χ3n) is 5.21. The highest BCUT2D eigenvalue weighted by atomic mass is 32.2. The van der Waals surface area contributed by atoms with Crippen molar-refractivity contribution in [1.29, 1.82) is 0 Å². The van der Waals surface area contributed by atoms with Crippen LogP contribution in [0.4, 0.5) is 0 Å². The Bertz CT molecular complexity index is 1160. The summed E-state index contributed by atoms with van der Waals surface area (Å²) >= 11 is 1.34. The van der Waals surface area contributed by atoms with E-state index in [2.05, 4.69) is 15.5 Å². The normalized spacial score (nSPS) is 11.7. The highest BCUT2D eigenvalue weighted by molar-refractivity contribution is 8.00. The Morgan fingerprint density at radius 3 is 2.15 bits per heavy atom. The van der Waals surface area contributed by atoms with Crippen molar-refractivity contribution >= 4 is 17.7 Å². The summed E-state index contributed by atoms with van der Waals surface area (Å²) in [5.74, 6) is 0.707. The Labute approximate surface area is 203 Å². The molecule has 0 aliphatic rings. The van der Waals surface area contributed by atoms with E-state index < -0.39 is 5.25 Å². The monoisotopic (exact) mass is 473 g/mol. The van der Waals surface area contributed by atoms with Gasteiger partial charge in [-0.15, -0.1) is 5.10 Å². The fraction of sp³-hybridized carbons (Fsp3) is 0.231. The predicted octanol–water partition coefficient (Wildman–Crippen LogP) is 4.77. The fourth-order valence-corrected chi connectivity index (χ4v) is 4.48. The second-order valence-electron chi connectivity index (χ2n) is 7.70. The molecule has 1 atom stereocenters. The van der Waals surface area contributed by atoms with Crippen LogP contribution in [0.1, 0.15) is 25.0 Å². The van der Waals surface area contributed by atoms with Crippen LogP contribution in [0.3, 0.4) is 0 Å². The maximum absolute atomic E-state index is 13.6. The molecular formula is C26H27N5O2S. The Morgan fingerprint density at radius 2 is 1.53 bits per heavy atom. The van der Waals surface area contributed by atoms with Crippen LogP contribution in [-0.2, 0) is 17.9 Å². The number of rotatable bonds is 10. The number of thioether (sulfide) groups is 1.